The Hall–Kier alpha value is -2.12. The molecule has 2 aromatic rings. The standard InChI is InChI=1S/C13H7ClFNO4S/c14-7-1-3-8(4-2-7)21-12-6-10(15)9(13(17)18)5-11(12)16(19)20/h1-6H,(H,17,18). The molecule has 21 heavy (non-hydrogen) atoms. The van der Waals surface area contributed by atoms with Crippen molar-refractivity contribution in [2.75, 3.05) is 0 Å². The van der Waals surface area contributed by atoms with E-state index in [0.29, 0.717) is 9.92 Å². The molecule has 8 heteroatoms. The molecule has 0 bridgehead atoms. The van der Waals surface area contributed by atoms with E-state index in [1.165, 1.54) is 0 Å². The first-order chi connectivity index (χ1) is 9.88. The molecule has 0 heterocycles. The van der Waals surface area contributed by atoms with Crippen molar-refractivity contribution in [1.82, 2.24) is 0 Å². The molecule has 0 saturated carbocycles. The summed E-state index contributed by atoms with van der Waals surface area (Å²) in [5.74, 6) is -2.58. The fraction of sp³-hybridized carbons (Fsp3) is 0. The summed E-state index contributed by atoms with van der Waals surface area (Å²) in [6.45, 7) is 0. The minimum absolute atomic E-state index is 0.0184. The number of nitro benzene ring substituents is 1. The monoisotopic (exact) mass is 327 g/mol. The summed E-state index contributed by atoms with van der Waals surface area (Å²) in [5, 5.41) is 20.3. The average molecular weight is 328 g/mol. The van der Waals surface area contributed by atoms with Gasteiger partial charge >= 0.3 is 5.97 Å². The molecule has 1 N–H and O–H groups in total. The van der Waals surface area contributed by atoms with E-state index in [-0.39, 0.29) is 4.90 Å². The third kappa shape index (κ3) is 3.50. The van der Waals surface area contributed by atoms with Crippen LogP contribution >= 0.6 is 23.4 Å². The van der Waals surface area contributed by atoms with E-state index in [0.717, 1.165) is 23.9 Å². The zero-order valence-electron chi connectivity index (χ0n) is 10.2. The molecule has 0 saturated heterocycles. The predicted molar refractivity (Wildman–Crippen MR) is 75.6 cm³/mol. The normalized spacial score (nSPS) is 10.4. The summed E-state index contributed by atoms with van der Waals surface area (Å²) in [7, 11) is 0. The van der Waals surface area contributed by atoms with Crippen LogP contribution in [0.1, 0.15) is 10.4 Å². The van der Waals surface area contributed by atoms with E-state index in [2.05, 4.69) is 0 Å². The van der Waals surface area contributed by atoms with Gasteiger partial charge in [0.15, 0.2) is 0 Å². The van der Waals surface area contributed by atoms with Crippen LogP contribution in [0.2, 0.25) is 5.02 Å². The SMILES string of the molecule is O=C(O)c1cc([N+](=O)[O-])c(Sc2ccc(Cl)cc2)cc1F. The molecule has 2 rings (SSSR count). The van der Waals surface area contributed by atoms with Gasteiger partial charge in [0, 0.05) is 16.0 Å². The third-order valence-corrected chi connectivity index (χ3v) is 3.82. The molecule has 5 nitrogen and oxygen atoms in total. The molecule has 0 fully saturated rings. The Morgan fingerprint density at radius 2 is 1.90 bits per heavy atom. The minimum atomic E-state index is -1.56. The Labute approximate surface area is 127 Å². The van der Waals surface area contributed by atoms with E-state index in [1.807, 2.05) is 0 Å². The molecule has 0 aromatic heterocycles. The Balaban J connectivity index is 2.47. The zero-order chi connectivity index (χ0) is 15.6. The van der Waals surface area contributed by atoms with E-state index >= 15 is 0 Å². The van der Waals surface area contributed by atoms with Crippen LogP contribution < -0.4 is 0 Å². The van der Waals surface area contributed by atoms with Gasteiger partial charge in [0.1, 0.15) is 11.4 Å². The van der Waals surface area contributed by atoms with Gasteiger partial charge in [-0.05, 0) is 30.3 Å². The lowest BCUT2D eigenvalue weighted by molar-refractivity contribution is -0.387. The number of carbonyl (C=O) groups is 1. The highest BCUT2D eigenvalue weighted by molar-refractivity contribution is 7.99. The van der Waals surface area contributed by atoms with E-state index < -0.39 is 28.0 Å². The minimum Gasteiger partial charge on any atom is -0.478 e. The summed E-state index contributed by atoms with van der Waals surface area (Å²) < 4.78 is 13.7. The smallest absolute Gasteiger partial charge is 0.338 e. The van der Waals surface area contributed by atoms with Crippen molar-refractivity contribution < 1.29 is 19.2 Å². The maximum atomic E-state index is 13.7. The van der Waals surface area contributed by atoms with Gasteiger partial charge in [-0.3, -0.25) is 10.1 Å². The molecule has 0 aliphatic rings. The Morgan fingerprint density at radius 1 is 1.29 bits per heavy atom. The first-order valence-corrected chi connectivity index (χ1v) is 6.72. The highest BCUT2D eigenvalue weighted by Crippen LogP contribution is 2.36. The number of rotatable bonds is 4. The fourth-order valence-corrected chi connectivity index (χ4v) is 2.61. The van der Waals surface area contributed by atoms with Crippen molar-refractivity contribution >= 4 is 35.0 Å². The fourth-order valence-electron chi connectivity index (χ4n) is 1.56. The third-order valence-electron chi connectivity index (χ3n) is 2.52. The summed E-state index contributed by atoms with van der Waals surface area (Å²) in [5.41, 5.74) is -1.20. The van der Waals surface area contributed by atoms with E-state index in [9.17, 15) is 19.3 Å². The molecule has 0 aliphatic carbocycles. The highest BCUT2D eigenvalue weighted by atomic mass is 35.5. The largest absolute Gasteiger partial charge is 0.478 e. The topological polar surface area (TPSA) is 80.4 Å². The Morgan fingerprint density at radius 3 is 2.43 bits per heavy atom. The van der Waals surface area contributed by atoms with Gasteiger partial charge in [0.05, 0.1) is 9.82 Å². The van der Waals surface area contributed by atoms with Crippen molar-refractivity contribution in [2.45, 2.75) is 9.79 Å². The van der Waals surface area contributed by atoms with Crippen molar-refractivity contribution in [3.05, 3.63) is 62.9 Å². The summed E-state index contributed by atoms with van der Waals surface area (Å²) in [6.07, 6.45) is 0. The van der Waals surface area contributed by atoms with Crippen LogP contribution in [0, 0.1) is 15.9 Å². The molecule has 0 spiro atoms. The van der Waals surface area contributed by atoms with Gasteiger partial charge in [0.2, 0.25) is 0 Å². The van der Waals surface area contributed by atoms with Gasteiger partial charge in [-0.25, -0.2) is 9.18 Å². The first-order valence-electron chi connectivity index (χ1n) is 5.53. The molecule has 2 aromatic carbocycles. The lowest BCUT2D eigenvalue weighted by Crippen LogP contribution is -2.03. The van der Waals surface area contributed by atoms with Gasteiger partial charge in [0.25, 0.3) is 5.69 Å². The van der Waals surface area contributed by atoms with Crippen LogP contribution in [0.3, 0.4) is 0 Å². The Kier molecular flexibility index (Phi) is 4.44. The molecule has 0 radical (unpaired) electrons. The Bertz CT molecular complexity index is 721. The number of carboxylic acids is 1. The molecular formula is C13H7ClFNO4S. The second-order valence-electron chi connectivity index (χ2n) is 3.92. The van der Waals surface area contributed by atoms with Crippen LogP contribution in [0.15, 0.2) is 46.2 Å². The second-order valence-corrected chi connectivity index (χ2v) is 5.47. The summed E-state index contributed by atoms with van der Waals surface area (Å²) in [6, 6.07) is 8.01. The second kappa shape index (κ2) is 6.11. The van der Waals surface area contributed by atoms with Gasteiger partial charge in [-0.1, -0.05) is 23.4 Å². The number of nitrogens with zero attached hydrogens (tertiary/aromatic N) is 1. The number of hydrogen-bond acceptors (Lipinski definition) is 4. The lowest BCUT2D eigenvalue weighted by atomic mass is 10.2. The number of hydrogen-bond donors (Lipinski definition) is 1. The van der Waals surface area contributed by atoms with Gasteiger partial charge in [-0.2, -0.15) is 0 Å². The zero-order valence-corrected chi connectivity index (χ0v) is 11.8. The number of aromatic carboxylic acids is 1. The summed E-state index contributed by atoms with van der Waals surface area (Å²) >= 11 is 6.69. The van der Waals surface area contributed by atoms with Crippen LogP contribution in [-0.4, -0.2) is 16.0 Å². The number of halogens is 2. The quantitative estimate of drug-likeness (QED) is 0.671. The van der Waals surface area contributed by atoms with E-state index in [1.54, 1.807) is 24.3 Å². The van der Waals surface area contributed by atoms with E-state index in [4.69, 9.17) is 16.7 Å². The highest BCUT2D eigenvalue weighted by Gasteiger charge is 2.22. The average Bonchev–Trinajstić information content (AvgIpc) is 2.40. The van der Waals surface area contributed by atoms with Crippen LogP contribution in [0.5, 0.6) is 0 Å². The molecule has 0 aliphatic heterocycles. The lowest BCUT2D eigenvalue weighted by Gasteiger charge is -2.05. The van der Waals surface area contributed by atoms with Gasteiger partial charge in [-0.15, -0.1) is 0 Å². The van der Waals surface area contributed by atoms with Crippen LogP contribution in [0.25, 0.3) is 0 Å². The molecule has 0 amide bonds. The van der Waals surface area contributed by atoms with Crippen molar-refractivity contribution in [3.63, 3.8) is 0 Å². The molecular weight excluding hydrogens is 321 g/mol. The maximum Gasteiger partial charge on any atom is 0.338 e. The van der Waals surface area contributed by atoms with Crippen LogP contribution in [-0.2, 0) is 0 Å². The predicted octanol–water partition coefficient (Wildman–Crippen LogP) is 4.24. The van der Waals surface area contributed by atoms with Crippen LogP contribution in [0.4, 0.5) is 10.1 Å². The first kappa shape index (κ1) is 15.3. The molecule has 0 atom stereocenters. The van der Waals surface area contributed by atoms with Crippen molar-refractivity contribution in [2.24, 2.45) is 0 Å². The number of benzene rings is 2. The molecule has 108 valence electrons. The van der Waals surface area contributed by atoms with Crippen molar-refractivity contribution in [3.8, 4) is 0 Å². The molecule has 0 unspecified atom stereocenters. The number of nitro groups is 1. The summed E-state index contributed by atoms with van der Waals surface area (Å²) in [4.78, 5) is 21.7. The van der Waals surface area contributed by atoms with Crippen molar-refractivity contribution in [1.29, 1.82) is 0 Å². The maximum absolute atomic E-state index is 13.7. The van der Waals surface area contributed by atoms with Gasteiger partial charge < -0.3 is 5.11 Å². The number of carboxylic acid groups (broad SMARTS) is 1.